The number of carbonyl (C=O) groups excluding carboxylic acids is 1. The lowest BCUT2D eigenvalue weighted by molar-refractivity contribution is -0.241. The molecule has 1 saturated heterocycles. The van der Waals surface area contributed by atoms with Gasteiger partial charge < -0.3 is 14.6 Å². The summed E-state index contributed by atoms with van der Waals surface area (Å²) in [6.45, 7) is 2.98. The van der Waals surface area contributed by atoms with E-state index in [-0.39, 0.29) is 15.4 Å². The molecule has 3 aromatic carbocycles. The summed E-state index contributed by atoms with van der Waals surface area (Å²) in [7, 11) is -8.96. The van der Waals surface area contributed by atoms with Gasteiger partial charge in [0.25, 0.3) is 20.2 Å². The van der Waals surface area contributed by atoms with Crippen molar-refractivity contribution < 1.29 is 44.6 Å². The van der Waals surface area contributed by atoms with E-state index in [2.05, 4.69) is 0 Å². The van der Waals surface area contributed by atoms with Crippen LogP contribution in [0, 0.1) is 13.8 Å². The summed E-state index contributed by atoms with van der Waals surface area (Å²) in [5.74, 6) is -0.915. The standard InChI is InChI=1S/C26H26O10S2/c1-17-8-12-20(13-9-17)37(29,30)35-22-16-33-26(28)24(34-25(27)19-6-4-3-5-7-19)23(22)36-38(31,32)21-14-10-18(2)11-15-21/h3-15,22-24,26,28H,16H2,1-2H3/t22-,23-,24+,26-/m0/s1. The Morgan fingerprint density at radius 3 is 1.79 bits per heavy atom. The molecule has 4 rings (SSSR count). The maximum absolute atomic E-state index is 13.1. The van der Waals surface area contributed by atoms with Crippen molar-refractivity contribution >= 4 is 26.2 Å². The second kappa shape index (κ2) is 11.3. The lowest BCUT2D eigenvalue weighted by Gasteiger charge is -2.38. The number of esters is 1. The van der Waals surface area contributed by atoms with Crippen LogP contribution in [0.25, 0.3) is 0 Å². The van der Waals surface area contributed by atoms with Crippen LogP contribution in [0.15, 0.2) is 88.7 Å². The van der Waals surface area contributed by atoms with Gasteiger partial charge in [-0.15, -0.1) is 0 Å². The second-order valence-electron chi connectivity index (χ2n) is 8.69. The lowest BCUT2D eigenvalue weighted by Crippen LogP contribution is -2.57. The van der Waals surface area contributed by atoms with E-state index in [0.29, 0.717) is 0 Å². The fourth-order valence-electron chi connectivity index (χ4n) is 3.68. The number of aryl methyl sites for hydroxylation is 2. The Morgan fingerprint density at radius 2 is 1.26 bits per heavy atom. The van der Waals surface area contributed by atoms with Gasteiger partial charge in [0.1, 0.15) is 12.2 Å². The molecule has 1 N–H and O–H groups in total. The van der Waals surface area contributed by atoms with Crippen molar-refractivity contribution in [2.24, 2.45) is 0 Å². The summed E-state index contributed by atoms with van der Waals surface area (Å²) in [4.78, 5) is 12.4. The SMILES string of the molecule is Cc1ccc(S(=O)(=O)O[C@@H]2[C@@H](OC(=O)c3ccccc3)[C@@H](O)OC[C@@H]2OS(=O)(=O)c2ccc(C)cc2)cc1. The quantitative estimate of drug-likeness (QED) is 0.322. The molecule has 0 amide bonds. The minimum absolute atomic E-state index is 0.107. The molecule has 4 atom stereocenters. The Morgan fingerprint density at radius 1 is 0.763 bits per heavy atom. The van der Waals surface area contributed by atoms with Crippen molar-refractivity contribution in [3.05, 3.63) is 95.6 Å². The third kappa shape index (κ3) is 6.46. The molecule has 0 aromatic heterocycles. The zero-order valence-electron chi connectivity index (χ0n) is 20.5. The van der Waals surface area contributed by atoms with Gasteiger partial charge in [0.2, 0.25) is 0 Å². The van der Waals surface area contributed by atoms with Crippen molar-refractivity contribution in [1.29, 1.82) is 0 Å². The Labute approximate surface area is 221 Å². The van der Waals surface area contributed by atoms with Crippen LogP contribution in [0.2, 0.25) is 0 Å². The smallest absolute Gasteiger partial charge is 0.338 e. The highest BCUT2D eigenvalue weighted by Crippen LogP contribution is 2.29. The van der Waals surface area contributed by atoms with Crippen LogP contribution >= 0.6 is 0 Å². The van der Waals surface area contributed by atoms with Gasteiger partial charge in [0, 0.05) is 0 Å². The lowest BCUT2D eigenvalue weighted by atomic mass is 10.1. The van der Waals surface area contributed by atoms with Crippen molar-refractivity contribution in [3.63, 3.8) is 0 Å². The molecule has 0 bridgehead atoms. The van der Waals surface area contributed by atoms with E-state index >= 15 is 0 Å². The fraction of sp³-hybridized carbons (Fsp3) is 0.269. The first-order chi connectivity index (χ1) is 18.0. The molecule has 1 aliphatic rings. The summed E-state index contributed by atoms with van der Waals surface area (Å²) in [6.07, 6.45) is -6.96. The van der Waals surface area contributed by atoms with Crippen molar-refractivity contribution in [3.8, 4) is 0 Å². The molecule has 0 spiro atoms. The van der Waals surface area contributed by atoms with Crippen molar-refractivity contribution in [2.45, 2.75) is 48.2 Å². The third-order valence-corrected chi connectivity index (χ3v) is 8.44. The van der Waals surface area contributed by atoms with Crippen LogP contribution in [0.1, 0.15) is 21.5 Å². The zero-order chi connectivity index (χ0) is 27.5. The molecule has 1 fully saturated rings. The first-order valence-electron chi connectivity index (χ1n) is 11.5. The van der Waals surface area contributed by atoms with Gasteiger partial charge in [-0.1, -0.05) is 53.6 Å². The van der Waals surface area contributed by atoms with Gasteiger partial charge in [-0.3, -0.25) is 8.37 Å². The second-order valence-corrected chi connectivity index (χ2v) is 11.8. The van der Waals surface area contributed by atoms with E-state index in [1.165, 1.54) is 36.4 Å². The molecule has 12 heteroatoms. The topological polar surface area (TPSA) is 143 Å². The van der Waals surface area contributed by atoms with Crippen LogP contribution in [0.3, 0.4) is 0 Å². The van der Waals surface area contributed by atoms with Gasteiger partial charge in [0.15, 0.2) is 12.4 Å². The van der Waals surface area contributed by atoms with Crippen LogP contribution in [0.4, 0.5) is 0 Å². The average molecular weight is 563 g/mol. The summed E-state index contributed by atoms with van der Waals surface area (Å²) >= 11 is 0. The fourth-order valence-corrected chi connectivity index (χ4v) is 5.85. The molecular weight excluding hydrogens is 536 g/mol. The molecule has 10 nitrogen and oxygen atoms in total. The maximum Gasteiger partial charge on any atom is 0.338 e. The van der Waals surface area contributed by atoms with E-state index in [4.69, 9.17) is 17.8 Å². The number of hydrogen-bond acceptors (Lipinski definition) is 10. The number of aliphatic hydroxyl groups excluding tert-OH is 1. The number of aliphatic hydroxyl groups is 1. The Balaban J connectivity index is 1.68. The largest absolute Gasteiger partial charge is 0.450 e. The van der Waals surface area contributed by atoms with E-state index in [1.807, 2.05) is 0 Å². The molecule has 0 unspecified atom stereocenters. The van der Waals surface area contributed by atoms with Gasteiger partial charge >= 0.3 is 5.97 Å². The van der Waals surface area contributed by atoms with Gasteiger partial charge in [-0.25, -0.2) is 4.79 Å². The van der Waals surface area contributed by atoms with Crippen LogP contribution in [-0.2, 0) is 38.1 Å². The molecule has 3 aromatic rings. The van der Waals surface area contributed by atoms with Crippen molar-refractivity contribution in [1.82, 2.24) is 0 Å². The number of hydrogen-bond donors (Lipinski definition) is 1. The van der Waals surface area contributed by atoms with Crippen molar-refractivity contribution in [2.75, 3.05) is 6.61 Å². The van der Waals surface area contributed by atoms with Crippen LogP contribution in [-0.4, -0.2) is 59.1 Å². The maximum atomic E-state index is 13.1. The molecule has 0 aliphatic carbocycles. The Hall–Kier alpha value is -3.13. The number of benzene rings is 3. The predicted molar refractivity (Wildman–Crippen MR) is 134 cm³/mol. The highest BCUT2D eigenvalue weighted by molar-refractivity contribution is 7.87. The average Bonchev–Trinajstić information content (AvgIpc) is 2.88. The van der Waals surface area contributed by atoms with Gasteiger partial charge in [-0.2, -0.15) is 16.8 Å². The number of rotatable bonds is 8. The Bertz CT molecular complexity index is 1470. The Kier molecular flexibility index (Phi) is 8.31. The zero-order valence-corrected chi connectivity index (χ0v) is 22.1. The highest BCUT2D eigenvalue weighted by Gasteiger charge is 2.48. The van der Waals surface area contributed by atoms with Crippen LogP contribution < -0.4 is 0 Å². The first kappa shape index (κ1) is 27.9. The van der Waals surface area contributed by atoms with Gasteiger partial charge in [0.05, 0.1) is 22.0 Å². The molecular formula is C26H26O10S2. The van der Waals surface area contributed by atoms with E-state index in [9.17, 15) is 26.7 Å². The first-order valence-corrected chi connectivity index (χ1v) is 14.3. The number of carbonyl (C=O) groups is 1. The third-order valence-electron chi connectivity index (χ3n) is 5.76. The number of ether oxygens (including phenoxy) is 2. The summed E-state index contributed by atoms with van der Waals surface area (Å²) < 4.78 is 73.7. The normalized spacial score (nSPS) is 22.1. The van der Waals surface area contributed by atoms with Gasteiger partial charge in [-0.05, 0) is 50.2 Å². The minimum Gasteiger partial charge on any atom is -0.450 e. The summed E-state index contributed by atoms with van der Waals surface area (Å²) in [5, 5.41) is 10.5. The molecule has 38 heavy (non-hydrogen) atoms. The highest BCUT2D eigenvalue weighted by atomic mass is 32.2. The monoisotopic (exact) mass is 562 g/mol. The van der Waals surface area contributed by atoms with E-state index < -0.39 is 57.4 Å². The summed E-state index contributed by atoms with van der Waals surface area (Å²) in [5.41, 5.74) is 1.71. The summed E-state index contributed by atoms with van der Waals surface area (Å²) in [6, 6.07) is 19.3. The van der Waals surface area contributed by atoms with Crippen LogP contribution in [0.5, 0.6) is 0 Å². The molecule has 0 radical (unpaired) electrons. The van der Waals surface area contributed by atoms with E-state index in [1.54, 1.807) is 56.3 Å². The molecule has 202 valence electrons. The minimum atomic E-state index is -4.52. The van der Waals surface area contributed by atoms with E-state index in [0.717, 1.165) is 11.1 Å². The molecule has 0 saturated carbocycles. The molecule has 1 heterocycles. The predicted octanol–water partition coefficient (Wildman–Crippen LogP) is 2.73. The molecule has 1 aliphatic heterocycles.